The summed E-state index contributed by atoms with van der Waals surface area (Å²) in [5, 5.41) is 12.1. The van der Waals surface area contributed by atoms with Gasteiger partial charge >= 0.3 is 0 Å². The Labute approximate surface area is 116 Å². The summed E-state index contributed by atoms with van der Waals surface area (Å²) in [6.07, 6.45) is 0. The summed E-state index contributed by atoms with van der Waals surface area (Å²) in [7, 11) is 0. The Morgan fingerprint density at radius 1 is 1.21 bits per heavy atom. The van der Waals surface area contributed by atoms with E-state index >= 15 is 0 Å². The molecule has 0 atom stereocenters. The van der Waals surface area contributed by atoms with E-state index in [1.165, 1.54) is 0 Å². The maximum Gasteiger partial charge on any atom is 0.251 e. The molecule has 4 heteroatoms. The van der Waals surface area contributed by atoms with Crippen LogP contribution in [0.5, 0.6) is 0 Å². The first-order valence-electron chi connectivity index (χ1n) is 5.72. The molecule has 0 radical (unpaired) electrons. The number of hydrogen-bond acceptors (Lipinski definition) is 2. The largest absolute Gasteiger partial charge is 0.348 e. The topological polar surface area (TPSA) is 52.9 Å². The van der Waals surface area contributed by atoms with Gasteiger partial charge in [-0.25, -0.2) is 0 Å². The second-order valence-electron chi connectivity index (χ2n) is 4.00. The Balaban J connectivity index is 1.99. The van der Waals surface area contributed by atoms with Crippen LogP contribution in [0.15, 0.2) is 48.5 Å². The summed E-state index contributed by atoms with van der Waals surface area (Å²) in [6, 6.07) is 15.8. The number of nitrogens with zero attached hydrogens (tertiary/aromatic N) is 1. The van der Waals surface area contributed by atoms with Gasteiger partial charge in [0, 0.05) is 17.1 Å². The molecule has 0 aliphatic carbocycles. The monoisotopic (exact) mass is 270 g/mol. The van der Waals surface area contributed by atoms with E-state index in [-0.39, 0.29) is 5.91 Å². The van der Waals surface area contributed by atoms with Crippen LogP contribution in [-0.4, -0.2) is 5.91 Å². The van der Waals surface area contributed by atoms with E-state index in [0.29, 0.717) is 22.7 Å². The third-order valence-electron chi connectivity index (χ3n) is 2.62. The van der Waals surface area contributed by atoms with Crippen molar-refractivity contribution in [3.63, 3.8) is 0 Å². The minimum absolute atomic E-state index is 0.176. The smallest absolute Gasteiger partial charge is 0.251 e. The molecule has 0 aliphatic rings. The van der Waals surface area contributed by atoms with Gasteiger partial charge in [0.2, 0.25) is 0 Å². The lowest BCUT2D eigenvalue weighted by molar-refractivity contribution is 0.0951. The van der Waals surface area contributed by atoms with Crippen molar-refractivity contribution in [1.29, 1.82) is 5.26 Å². The molecule has 0 aliphatic heterocycles. The van der Waals surface area contributed by atoms with E-state index in [1.54, 1.807) is 36.4 Å². The maximum absolute atomic E-state index is 11.9. The highest BCUT2D eigenvalue weighted by Crippen LogP contribution is 2.10. The molecule has 0 spiro atoms. The first-order chi connectivity index (χ1) is 9.19. The van der Waals surface area contributed by atoms with Crippen LogP contribution in [0, 0.1) is 11.3 Å². The fourth-order valence-electron chi connectivity index (χ4n) is 1.63. The lowest BCUT2D eigenvalue weighted by atomic mass is 10.1. The molecular formula is C15H11ClN2O. The van der Waals surface area contributed by atoms with Crippen molar-refractivity contribution in [3.8, 4) is 6.07 Å². The Hall–Kier alpha value is -2.31. The van der Waals surface area contributed by atoms with E-state index in [1.807, 2.05) is 18.2 Å². The van der Waals surface area contributed by atoms with E-state index in [9.17, 15) is 4.79 Å². The number of carbonyl (C=O) groups is 1. The van der Waals surface area contributed by atoms with Crippen molar-refractivity contribution in [2.24, 2.45) is 0 Å². The molecule has 2 rings (SSSR count). The van der Waals surface area contributed by atoms with Crippen LogP contribution in [0.25, 0.3) is 0 Å². The summed E-state index contributed by atoms with van der Waals surface area (Å²) in [5.74, 6) is -0.176. The lowest BCUT2D eigenvalue weighted by Gasteiger charge is -2.05. The van der Waals surface area contributed by atoms with Crippen LogP contribution in [0.1, 0.15) is 21.5 Å². The molecule has 0 unspecified atom stereocenters. The zero-order chi connectivity index (χ0) is 13.7. The van der Waals surface area contributed by atoms with Gasteiger partial charge in [-0.3, -0.25) is 4.79 Å². The van der Waals surface area contributed by atoms with E-state index in [0.717, 1.165) is 5.56 Å². The second kappa shape index (κ2) is 6.03. The number of rotatable bonds is 3. The molecule has 1 N–H and O–H groups in total. The molecule has 3 nitrogen and oxygen atoms in total. The van der Waals surface area contributed by atoms with Crippen molar-refractivity contribution in [2.75, 3.05) is 0 Å². The SMILES string of the molecule is N#Cc1ccc(C(=O)NCc2cccc(Cl)c2)cc1. The molecule has 0 saturated heterocycles. The number of carbonyl (C=O) groups excluding carboxylic acids is 1. The predicted octanol–water partition coefficient (Wildman–Crippen LogP) is 3.14. The average molecular weight is 271 g/mol. The van der Waals surface area contributed by atoms with Gasteiger partial charge < -0.3 is 5.32 Å². The van der Waals surface area contributed by atoms with Crippen molar-refractivity contribution in [1.82, 2.24) is 5.32 Å². The van der Waals surface area contributed by atoms with Crippen LogP contribution in [0.2, 0.25) is 5.02 Å². The van der Waals surface area contributed by atoms with Crippen LogP contribution in [-0.2, 0) is 6.54 Å². The summed E-state index contributed by atoms with van der Waals surface area (Å²) in [5.41, 5.74) is 2.00. The van der Waals surface area contributed by atoms with Gasteiger partial charge in [0.1, 0.15) is 0 Å². The Kier molecular flexibility index (Phi) is 4.17. The zero-order valence-electron chi connectivity index (χ0n) is 10.1. The highest BCUT2D eigenvalue weighted by molar-refractivity contribution is 6.30. The number of nitrogens with one attached hydrogen (secondary N) is 1. The molecular weight excluding hydrogens is 260 g/mol. The van der Waals surface area contributed by atoms with Crippen molar-refractivity contribution in [2.45, 2.75) is 6.54 Å². The minimum atomic E-state index is -0.176. The standard InChI is InChI=1S/C15H11ClN2O/c16-14-3-1-2-12(8-14)10-18-15(19)13-6-4-11(9-17)5-7-13/h1-8H,10H2,(H,18,19). The van der Waals surface area contributed by atoms with Gasteiger partial charge in [-0.05, 0) is 42.0 Å². The van der Waals surface area contributed by atoms with Crippen LogP contribution in [0.3, 0.4) is 0 Å². The number of hydrogen-bond donors (Lipinski definition) is 1. The van der Waals surface area contributed by atoms with Crippen LogP contribution >= 0.6 is 11.6 Å². The second-order valence-corrected chi connectivity index (χ2v) is 4.44. The molecule has 0 fully saturated rings. The van der Waals surface area contributed by atoms with Crippen molar-refractivity contribution < 1.29 is 4.79 Å². The number of nitriles is 1. The molecule has 2 aromatic rings. The molecule has 0 saturated carbocycles. The highest BCUT2D eigenvalue weighted by atomic mass is 35.5. The number of halogens is 1. The van der Waals surface area contributed by atoms with Gasteiger partial charge in [-0.2, -0.15) is 5.26 Å². The predicted molar refractivity (Wildman–Crippen MR) is 73.8 cm³/mol. The molecule has 19 heavy (non-hydrogen) atoms. The quantitative estimate of drug-likeness (QED) is 0.931. The molecule has 94 valence electrons. The molecule has 1 amide bonds. The average Bonchev–Trinajstić information content (AvgIpc) is 2.45. The Morgan fingerprint density at radius 2 is 1.95 bits per heavy atom. The maximum atomic E-state index is 11.9. The van der Waals surface area contributed by atoms with Crippen molar-refractivity contribution in [3.05, 3.63) is 70.2 Å². The van der Waals surface area contributed by atoms with Crippen LogP contribution < -0.4 is 5.32 Å². The minimum Gasteiger partial charge on any atom is -0.348 e. The third-order valence-corrected chi connectivity index (χ3v) is 2.85. The van der Waals surface area contributed by atoms with E-state index < -0.39 is 0 Å². The number of amides is 1. The normalized spacial score (nSPS) is 9.68. The molecule has 2 aromatic carbocycles. The Morgan fingerprint density at radius 3 is 2.58 bits per heavy atom. The van der Waals surface area contributed by atoms with Gasteiger partial charge in [0.25, 0.3) is 5.91 Å². The lowest BCUT2D eigenvalue weighted by Crippen LogP contribution is -2.22. The zero-order valence-corrected chi connectivity index (χ0v) is 10.8. The fourth-order valence-corrected chi connectivity index (χ4v) is 1.84. The molecule has 0 aromatic heterocycles. The molecule has 0 heterocycles. The summed E-state index contributed by atoms with van der Waals surface area (Å²) < 4.78 is 0. The third kappa shape index (κ3) is 3.57. The first-order valence-corrected chi connectivity index (χ1v) is 6.09. The van der Waals surface area contributed by atoms with Gasteiger partial charge in [-0.1, -0.05) is 23.7 Å². The summed E-state index contributed by atoms with van der Waals surface area (Å²) >= 11 is 5.87. The van der Waals surface area contributed by atoms with Crippen LogP contribution in [0.4, 0.5) is 0 Å². The van der Waals surface area contributed by atoms with Gasteiger partial charge in [0.15, 0.2) is 0 Å². The highest BCUT2D eigenvalue weighted by Gasteiger charge is 2.05. The van der Waals surface area contributed by atoms with Gasteiger partial charge in [-0.15, -0.1) is 0 Å². The summed E-state index contributed by atoms with van der Waals surface area (Å²) in [6.45, 7) is 0.416. The number of benzene rings is 2. The Bertz CT molecular complexity index is 629. The van der Waals surface area contributed by atoms with Gasteiger partial charge in [0.05, 0.1) is 11.6 Å². The van der Waals surface area contributed by atoms with Crippen molar-refractivity contribution >= 4 is 17.5 Å². The first kappa shape index (κ1) is 13.1. The fraction of sp³-hybridized carbons (Fsp3) is 0.0667. The van der Waals surface area contributed by atoms with E-state index in [2.05, 4.69) is 5.32 Å². The van der Waals surface area contributed by atoms with E-state index in [4.69, 9.17) is 16.9 Å². The molecule has 0 bridgehead atoms. The summed E-state index contributed by atoms with van der Waals surface area (Å²) in [4.78, 5) is 11.9.